The lowest BCUT2D eigenvalue weighted by molar-refractivity contribution is -0.146. The third kappa shape index (κ3) is 5.53. The maximum atomic E-state index is 11.3. The van der Waals surface area contributed by atoms with Crippen molar-refractivity contribution in [3.63, 3.8) is 0 Å². The predicted molar refractivity (Wildman–Crippen MR) is 52.8 cm³/mol. The van der Waals surface area contributed by atoms with Gasteiger partial charge in [0, 0.05) is 20.0 Å². The average molecular weight is 202 g/mol. The van der Waals surface area contributed by atoms with Crippen LogP contribution in [0.3, 0.4) is 0 Å². The molecular formula is C9H18N2O3. The van der Waals surface area contributed by atoms with E-state index in [-0.39, 0.29) is 12.5 Å². The molecule has 0 aliphatic heterocycles. The van der Waals surface area contributed by atoms with Crippen molar-refractivity contribution in [1.29, 1.82) is 0 Å². The molecule has 0 saturated carbocycles. The van der Waals surface area contributed by atoms with Crippen molar-refractivity contribution < 1.29 is 14.3 Å². The van der Waals surface area contributed by atoms with Crippen molar-refractivity contribution in [3.05, 3.63) is 0 Å². The summed E-state index contributed by atoms with van der Waals surface area (Å²) in [7, 11) is 2.89. The van der Waals surface area contributed by atoms with E-state index in [1.54, 1.807) is 7.05 Å². The molecule has 0 rings (SSSR count). The number of nitrogens with one attached hydrogen (secondary N) is 1. The summed E-state index contributed by atoms with van der Waals surface area (Å²) >= 11 is 0. The van der Waals surface area contributed by atoms with Gasteiger partial charge in [-0.25, -0.2) is 0 Å². The van der Waals surface area contributed by atoms with E-state index in [1.165, 1.54) is 12.0 Å². The van der Waals surface area contributed by atoms with Gasteiger partial charge in [0.15, 0.2) is 0 Å². The fraction of sp³-hybridized carbons (Fsp3) is 0.778. The first-order chi connectivity index (χ1) is 6.61. The van der Waals surface area contributed by atoms with Gasteiger partial charge in [0.2, 0.25) is 5.91 Å². The van der Waals surface area contributed by atoms with Gasteiger partial charge >= 0.3 is 5.97 Å². The summed E-state index contributed by atoms with van der Waals surface area (Å²) in [5, 5.41) is 3.04. The summed E-state index contributed by atoms with van der Waals surface area (Å²) in [6.45, 7) is 3.47. The Bertz CT molecular complexity index is 194. The first-order valence-electron chi connectivity index (χ1n) is 4.63. The van der Waals surface area contributed by atoms with Crippen LogP contribution in [0.5, 0.6) is 0 Å². The maximum Gasteiger partial charge on any atom is 0.325 e. The van der Waals surface area contributed by atoms with Gasteiger partial charge in [0.25, 0.3) is 0 Å². The van der Waals surface area contributed by atoms with Crippen molar-refractivity contribution in [2.24, 2.45) is 0 Å². The molecule has 0 saturated heterocycles. The first-order valence-corrected chi connectivity index (χ1v) is 4.63. The molecule has 1 amide bonds. The van der Waals surface area contributed by atoms with Crippen LogP contribution in [-0.4, -0.2) is 50.6 Å². The van der Waals surface area contributed by atoms with Crippen LogP contribution in [-0.2, 0) is 14.3 Å². The third-order valence-corrected chi connectivity index (χ3v) is 1.79. The lowest BCUT2D eigenvalue weighted by Gasteiger charge is -2.15. The summed E-state index contributed by atoms with van der Waals surface area (Å²) in [4.78, 5) is 23.5. The second-order valence-electron chi connectivity index (χ2n) is 2.93. The summed E-state index contributed by atoms with van der Waals surface area (Å²) in [6.07, 6.45) is 0.404. The molecule has 0 aromatic rings. The molecule has 0 aliphatic carbocycles. The second kappa shape index (κ2) is 7.32. The Kier molecular flexibility index (Phi) is 6.74. The molecule has 0 bridgehead atoms. The van der Waals surface area contributed by atoms with Crippen LogP contribution in [0.15, 0.2) is 0 Å². The molecule has 1 N–H and O–H groups in total. The number of likely N-dealkylation sites (N-methyl/N-ethyl adjacent to an activating group) is 1. The highest BCUT2D eigenvalue weighted by Gasteiger charge is 2.11. The van der Waals surface area contributed by atoms with E-state index >= 15 is 0 Å². The van der Waals surface area contributed by atoms with Crippen LogP contribution in [0.2, 0.25) is 0 Å². The molecule has 82 valence electrons. The van der Waals surface area contributed by atoms with E-state index in [4.69, 9.17) is 0 Å². The molecule has 0 heterocycles. The number of nitrogens with zero attached hydrogens (tertiary/aromatic N) is 1. The second-order valence-corrected chi connectivity index (χ2v) is 2.93. The first kappa shape index (κ1) is 12.9. The molecule has 0 aromatic carbocycles. The largest absolute Gasteiger partial charge is 0.468 e. The molecule has 0 fully saturated rings. The Hall–Kier alpha value is -1.10. The van der Waals surface area contributed by atoms with Gasteiger partial charge in [-0.3, -0.25) is 9.59 Å². The number of hydrogen-bond donors (Lipinski definition) is 1. The zero-order valence-corrected chi connectivity index (χ0v) is 9.00. The van der Waals surface area contributed by atoms with Gasteiger partial charge in [-0.05, 0) is 6.54 Å². The number of carbonyl (C=O) groups excluding carboxylic acids is 2. The molecule has 0 atom stereocenters. The monoisotopic (exact) mass is 202 g/mol. The van der Waals surface area contributed by atoms with Gasteiger partial charge in [-0.2, -0.15) is 0 Å². The van der Waals surface area contributed by atoms with E-state index in [9.17, 15) is 9.59 Å². The lowest BCUT2D eigenvalue weighted by atomic mass is 10.3. The topological polar surface area (TPSA) is 58.6 Å². The van der Waals surface area contributed by atoms with Crippen molar-refractivity contribution in [2.45, 2.75) is 13.3 Å². The molecule has 0 aliphatic rings. The molecule has 0 aromatic heterocycles. The van der Waals surface area contributed by atoms with Crippen molar-refractivity contribution in [1.82, 2.24) is 10.2 Å². The highest BCUT2D eigenvalue weighted by molar-refractivity contribution is 5.81. The SMILES string of the molecule is CCNCCC(=O)N(C)CC(=O)OC. The fourth-order valence-corrected chi connectivity index (χ4v) is 0.909. The molecule has 0 spiro atoms. The maximum absolute atomic E-state index is 11.3. The summed E-state index contributed by atoms with van der Waals surface area (Å²) in [5.41, 5.74) is 0. The fourth-order valence-electron chi connectivity index (χ4n) is 0.909. The summed E-state index contributed by atoms with van der Waals surface area (Å²) in [6, 6.07) is 0. The number of methoxy groups -OCH3 is 1. The van der Waals surface area contributed by atoms with Crippen molar-refractivity contribution in [3.8, 4) is 0 Å². The van der Waals surface area contributed by atoms with Crippen LogP contribution in [0, 0.1) is 0 Å². The van der Waals surface area contributed by atoms with Crippen LogP contribution in [0.25, 0.3) is 0 Å². The number of amides is 1. The number of carbonyl (C=O) groups is 2. The molecule has 5 nitrogen and oxygen atoms in total. The van der Waals surface area contributed by atoms with Crippen LogP contribution >= 0.6 is 0 Å². The Morgan fingerprint density at radius 2 is 2.07 bits per heavy atom. The highest BCUT2D eigenvalue weighted by Crippen LogP contribution is 1.90. The minimum atomic E-state index is -0.399. The molecular weight excluding hydrogens is 184 g/mol. The van der Waals surface area contributed by atoms with E-state index in [0.29, 0.717) is 13.0 Å². The van der Waals surface area contributed by atoms with Crippen molar-refractivity contribution in [2.75, 3.05) is 33.8 Å². The highest BCUT2D eigenvalue weighted by atomic mass is 16.5. The Balaban J connectivity index is 3.70. The van der Waals surface area contributed by atoms with Crippen LogP contribution in [0.4, 0.5) is 0 Å². The number of esters is 1. The standard InChI is InChI=1S/C9H18N2O3/c1-4-10-6-5-8(12)11(2)7-9(13)14-3/h10H,4-7H2,1-3H3. The van der Waals surface area contributed by atoms with E-state index in [1.807, 2.05) is 6.92 Å². The third-order valence-electron chi connectivity index (χ3n) is 1.79. The Morgan fingerprint density at radius 1 is 1.43 bits per heavy atom. The van der Waals surface area contributed by atoms with Gasteiger partial charge in [-0.15, -0.1) is 0 Å². The number of ether oxygens (including phenoxy) is 1. The summed E-state index contributed by atoms with van der Waals surface area (Å²) in [5.74, 6) is -0.458. The minimum absolute atomic E-state index is 0.0153. The molecule has 0 unspecified atom stereocenters. The zero-order valence-electron chi connectivity index (χ0n) is 9.00. The molecule has 5 heteroatoms. The van der Waals surface area contributed by atoms with Gasteiger partial charge in [0.05, 0.1) is 7.11 Å². The molecule has 14 heavy (non-hydrogen) atoms. The van der Waals surface area contributed by atoms with E-state index in [2.05, 4.69) is 10.1 Å². The Labute approximate surface area is 84.4 Å². The summed E-state index contributed by atoms with van der Waals surface area (Å²) < 4.78 is 4.45. The predicted octanol–water partition coefficient (Wildman–Crippen LogP) is -0.383. The van der Waals surface area contributed by atoms with E-state index in [0.717, 1.165) is 6.54 Å². The normalized spacial score (nSPS) is 9.64. The zero-order chi connectivity index (χ0) is 11.0. The molecule has 0 radical (unpaired) electrons. The van der Waals surface area contributed by atoms with Gasteiger partial charge in [0.1, 0.15) is 6.54 Å². The van der Waals surface area contributed by atoms with Crippen LogP contribution in [0.1, 0.15) is 13.3 Å². The van der Waals surface area contributed by atoms with Gasteiger partial charge in [-0.1, -0.05) is 6.92 Å². The average Bonchev–Trinajstić information content (AvgIpc) is 2.17. The quantitative estimate of drug-likeness (QED) is 0.471. The van der Waals surface area contributed by atoms with Gasteiger partial charge < -0.3 is 15.0 Å². The number of rotatable bonds is 6. The number of hydrogen-bond acceptors (Lipinski definition) is 4. The lowest BCUT2D eigenvalue weighted by Crippen LogP contribution is -2.34. The van der Waals surface area contributed by atoms with E-state index < -0.39 is 5.97 Å². The van der Waals surface area contributed by atoms with Crippen molar-refractivity contribution >= 4 is 11.9 Å². The van der Waals surface area contributed by atoms with Crippen LogP contribution < -0.4 is 5.32 Å². The minimum Gasteiger partial charge on any atom is -0.468 e. The Morgan fingerprint density at radius 3 is 2.57 bits per heavy atom. The smallest absolute Gasteiger partial charge is 0.325 e.